The minimum atomic E-state index is -0.197. The first-order valence-electron chi connectivity index (χ1n) is 6.53. The molecule has 1 heterocycles. The predicted octanol–water partition coefficient (Wildman–Crippen LogP) is 1.46. The van der Waals surface area contributed by atoms with E-state index in [4.69, 9.17) is 10.9 Å². The average molecular weight is 305 g/mol. The summed E-state index contributed by atoms with van der Waals surface area (Å²) in [5.41, 5.74) is 7.15. The molecule has 0 spiro atoms. The molecule has 21 heavy (non-hydrogen) atoms. The van der Waals surface area contributed by atoms with Gasteiger partial charge in [-0.3, -0.25) is 4.57 Å². The largest absolute Gasteiger partial charge is 0.409 e. The van der Waals surface area contributed by atoms with E-state index in [0.717, 1.165) is 23.3 Å². The van der Waals surface area contributed by atoms with Crippen LogP contribution in [0.25, 0.3) is 0 Å². The molecule has 0 bridgehead atoms. The Morgan fingerprint density at radius 3 is 3.00 bits per heavy atom. The third kappa shape index (κ3) is 2.66. The predicted molar refractivity (Wildman–Crippen MR) is 78.9 cm³/mol. The Hall–Kier alpha value is -2.22. The molecule has 2 aromatic rings. The molecule has 0 saturated heterocycles. The molecular formula is C13H15N5O2S. The van der Waals surface area contributed by atoms with E-state index in [1.165, 1.54) is 11.8 Å². The summed E-state index contributed by atoms with van der Waals surface area (Å²) in [6, 6.07) is 5.88. The molecule has 1 aliphatic carbocycles. The van der Waals surface area contributed by atoms with Crippen molar-refractivity contribution in [3.63, 3.8) is 0 Å². The maximum Gasteiger partial charge on any atom is 0.344 e. The van der Waals surface area contributed by atoms with Crippen molar-refractivity contribution in [2.45, 2.75) is 35.9 Å². The zero-order valence-corrected chi connectivity index (χ0v) is 12.2. The van der Waals surface area contributed by atoms with Gasteiger partial charge in [0.15, 0.2) is 11.0 Å². The van der Waals surface area contributed by atoms with Crippen molar-refractivity contribution in [1.29, 1.82) is 0 Å². The SMILES string of the molecule is Cc1ccc(Sc2n[nH]c(=O)n2C2CC2)c(/C(N)=N/O)c1. The van der Waals surface area contributed by atoms with Crippen molar-refractivity contribution in [2.75, 3.05) is 0 Å². The van der Waals surface area contributed by atoms with Crippen LogP contribution >= 0.6 is 11.8 Å². The number of nitrogens with two attached hydrogens (primary N) is 1. The van der Waals surface area contributed by atoms with Crippen LogP contribution in [0.3, 0.4) is 0 Å². The molecule has 0 unspecified atom stereocenters. The van der Waals surface area contributed by atoms with Crippen LogP contribution in [0, 0.1) is 6.92 Å². The van der Waals surface area contributed by atoms with Crippen LogP contribution in [0.4, 0.5) is 0 Å². The molecule has 0 radical (unpaired) electrons. The second-order valence-electron chi connectivity index (χ2n) is 5.00. The number of aryl methyl sites for hydroxylation is 1. The Kier molecular flexibility index (Phi) is 3.46. The fourth-order valence-electron chi connectivity index (χ4n) is 2.10. The molecule has 110 valence electrons. The molecule has 0 aliphatic heterocycles. The number of oxime groups is 1. The standard InChI is InChI=1S/C13H15N5O2S/c1-7-2-5-10(9(6-7)11(14)17-20)21-13-16-15-12(19)18(13)8-3-4-8/h2,5-6,8,20H,3-4H2,1H3,(H2,14,17)(H,15,19). The number of nitrogens with one attached hydrogen (secondary N) is 1. The number of aromatic nitrogens is 3. The van der Waals surface area contributed by atoms with Crippen molar-refractivity contribution >= 4 is 17.6 Å². The van der Waals surface area contributed by atoms with Gasteiger partial charge < -0.3 is 10.9 Å². The van der Waals surface area contributed by atoms with E-state index in [2.05, 4.69) is 15.4 Å². The molecule has 1 aromatic heterocycles. The highest BCUT2D eigenvalue weighted by atomic mass is 32.2. The van der Waals surface area contributed by atoms with E-state index >= 15 is 0 Å². The van der Waals surface area contributed by atoms with Crippen LogP contribution in [0.2, 0.25) is 0 Å². The van der Waals surface area contributed by atoms with Gasteiger partial charge in [0.2, 0.25) is 0 Å². The first-order valence-corrected chi connectivity index (χ1v) is 7.35. The van der Waals surface area contributed by atoms with E-state index in [9.17, 15) is 4.79 Å². The molecule has 1 saturated carbocycles. The Bertz CT molecular complexity index is 760. The zero-order chi connectivity index (χ0) is 15.0. The Balaban J connectivity index is 2.01. The van der Waals surface area contributed by atoms with Crippen molar-refractivity contribution in [3.05, 3.63) is 39.8 Å². The Morgan fingerprint density at radius 1 is 1.57 bits per heavy atom. The molecule has 8 heteroatoms. The smallest absolute Gasteiger partial charge is 0.344 e. The van der Waals surface area contributed by atoms with Crippen LogP contribution in [0.15, 0.2) is 38.2 Å². The summed E-state index contributed by atoms with van der Waals surface area (Å²) >= 11 is 1.33. The van der Waals surface area contributed by atoms with Crippen molar-refractivity contribution in [1.82, 2.24) is 14.8 Å². The monoisotopic (exact) mass is 305 g/mol. The first kappa shape index (κ1) is 13.7. The van der Waals surface area contributed by atoms with Gasteiger partial charge in [0.1, 0.15) is 0 Å². The highest BCUT2D eigenvalue weighted by molar-refractivity contribution is 7.99. The molecule has 1 fully saturated rings. The van der Waals surface area contributed by atoms with Crippen LogP contribution < -0.4 is 11.4 Å². The number of hydrogen-bond donors (Lipinski definition) is 3. The molecule has 0 atom stereocenters. The van der Waals surface area contributed by atoms with Gasteiger partial charge in [-0.1, -0.05) is 16.8 Å². The van der Waals surface area contributed by atoms with Gasteiger partial charge in [-0.05, 0) is 43.7 Å². The number of nitrogens with zero attached hydrogens (tertiary/aromatic N) is 3. The fourth-order valence-corrected chi connectivity index (χ4v) is 3.13. The number of aromatic amines is 1. The maximum absolute atomic E-state index is 11.8. The average Bonchev–Trinajstić information content (AvgIpc) is 3.24. The second-order valence-corrected chi connectivity index (χ2v) is 6.01. The Labute approximate surface area is 124 Å². The summed E-state index contributed by atoms with van der Waals surface area (Å²) in [5, 5.41) is 19.1. The fraction of sp³-hybridized carbons (Fsp3) is 0.308. The minimum Gasteiger partial charge on any atom is -0.409 e. The Morgan fingerprint density at radius 2 is 2.33 bits per heavy atom. The van der Waals surface area contributed by atoms with Crippen LogP contribution in [-0.2, 0) is 0 Å². The molecule has 3 rings (SSSR count). The van der Waals surface area contributed by atoms with Gasteiger partial charge in [0.25, 0.3) is 0 Å². The first-order chi connectivity index (χ1) is 10.1. The zero-order valence-electron chi connectivity index (χ0n) is 11.4. The lowest BCUT2D eigenvalue weighted by Gasteiger charge is -2.09. The number of H-pyrrole nitrogens is 1. The van der Waals surface area contributed by atoms with Crippen molar-refractivity contribution in [3.8, 4) is 0 Å². The molecule has 1 aliphatic rings. The lowest BCUT2D eigenvalue weighted by Crippen LogP contribution is -2.16. The van der Waals surface area contributed by atoms with Gasteiger partial charge in [-0.25, -0.2) is 9.89 Å². The molecule has 4 N–H and O–H groups in total. The molecule has 1 aromatic carbocycles. The van der Waals surface area contributed by atoms with Gasteiger partial charge >= 0.3 is 5.69 Å². The van der Waals surface area contributed by atoms with Crippen molar-refractivity contribution in [2.24, 2.45) is 10.9 Å². The summed E-state index contributed by atoms with van der Waals surface area (Å²) < 4.78 is 1.67. The quantitative estimate of drug-likeness (QED) is 0.343. The van der Waals surface area contributed by atoms with Gasteiger partial charge in [0.05, 0.1) is 0 Å². The number of hydrogen-bond acceptors (Lipinski definition) is 5. The van der Waals surface area contributed by atoms with E-state index < -0.39 is 0 Å². The maximum atomic E-state index is 11.8. The minimum absolute atomic E-state index is 0.0389. The third-order valence-electron chi connectivity index (χ3n) is 3.30. The highest BCUT2D eigenvalue weighted by Gasteiger charge is 2.29. The van der Waals surface area contributed by atoms with E-state index in [0.29, 0.717) is 10.7 Å². The number of rotatable bonds is 4. The van der Waals surface area contributed by atoms with Gasteiger partial charge in [0, 0.05) is 16.5 Å². The van der Waals surface area contributed by atoms with E-state index in [1.807, 2.05) is 25.1 Å². The van der Waals surface area contributed by atoms with E-state index in [1.54, 1.807) is 4.57 Å². The molecular weight excluding hydrogens is 290 g/mol. The van der Waals surface area contributed by atoms with Crippen LogP contribution in [-0.4, -0.2) is 25.8 Å². The summed E-state index contributed by atoms with van der Waals surface area (Å²) in [6.07, 6.45) is 1.99. The van der Waals surface area contributed by atoms with Gasteiger partial charge in [-0.15, -0.1) is 5.10 Å². The van der Waals surface area contributed by atoms with Crippen LogP contribution in [0.1, 0.15) is 30.0 Å². The van der Waals surface area contributed by atoms with E-state index in [-0.39, 0.29) is 17.6 Å². The summed E-state index contributed by atoms with van der Waals surface area (Å²) in [7, 11) is 0. The summed E-state index contributed by atoms with van der Waals surface area (Å²) in [4.78, 5) is 12.6. The second kappa shape index (κ2) is 5.28. The highest BCUT2D eigenvalue weighted by Crippen LogP contribution is 2.38. The lowest BCUT2D eigenvalue weighted by atomic mass is 10.1. The lowest BCUT2D eigenvalue weighted by molar-refractivity contribution is 0.318. The van der Waals surface area contributed by atoms with Crippen molar-refractivity contribution < 1.29 is 5.21 Å². The summed E-state index contributed by atoms with van der Waals surface area (Å²) in [5.74, 6) is 0.0389. The van der Waals surface area contributed by atoms with Crippen LogP contribution in [0.5, 0.6) is 0 Å². The summed E-state index contributed by atoms with van der Waals surface area (Å²) in [6.45, 7) is 1.93. The van der Waals surface area contributed by atoms with Gasteiger partial charge in [-0.2, -0.15) is 0 Å². The third-order valence-corrected chi connectivity index (χ3v) is 4.35. The topological polar surface area (TPSA) is 109 Å². The normalized spacial score (nSPS) is 15.4. The molecule has 7 nitrogen and oxygen atoms in total. The molecule has 0 amide bonds. The number of benzene rings is 1. The number of amidine groups is 1.